The molecule has 1 heterocycles. The molecule has 0 aromatic heterocycles. The van der Waals surface area contributed by atoms with Gasteiger partial charge in [0.25, 0.3) is 0 Å². The van der Waals surface area contributed by atoms with Gasteiger partial charge in [0.05, 0.1) is 13.1 Å². The van der Waals surface area contributed by atoms with E-state index in [0.29, 0.717) is 19.1 Å². The third-order valence-electron chi connectivity index (χ3n) is 2.49. The largest absolute Gasteiger partial charge is 0.340 e. The lowest BCUT2D eigenvalue weighted by molar-refractivity contribution is -0.138. The van der Waals surface area contributed by atoms with Crippen LogP contribution in [0.1, 0.15) is 13.8 Å². The Balaban J connectivity index is 2.55. The van der Waals surface area contributed by atoms with E-state index in [-0.39, 0.29) is 5.91 Å². The van der Waals surface area contributed by atoms with Gasteiger partial charge in [0, 0.05) is 19.1 Å². The summed E-state index contributed by atoms with van der Waals surface area (Å²) < 4.78 is 0. The van der Waals surface area contributed by atoms with Crippen molar-refractivity contribution in [2.45, 2.75) is 19.9 Å². The Morgan fingerprint density at radius 3 is 2.85 bits per heavy atom. The Morgan fingerprint density at radius 1 is 1.62 bits per heavy atom. The Kier molecular flexibility index (Phi) is 3.42. The molecule has 1 saturated heterocycles. The number of piperazine rings is 1. The first-order chi connectivity index (χ1) is 6.19. The molecule has 1 atom stereocenters. The normalized spacial score (nSPS) is 24.9. The van der Waals surface area contributed by atoms with Crippen LogP contribution in [0, 0.1) is 0 Å². The molecule has 13 heavy (non-hydrogen) atoms. The van der Waals surface area contributed by atoms with Crippen LogP contribution < -0.4 is 0 Å². The van der Waals surface area contributed by atoms with Gasteiger partial charge in [0.2, 0.25) is 5.91 Å². The Hall–Kier alpha value is -0.900. The van der Waals surface area contributed by atoms with Crippen LogP contribution in [0.5, 0.6) is 0 Å². The van der Waals surface area contributed by atoms with E-state index >= 15 is 0 Å². The molecule has 0 aromatic carbocycles. The van der Waals surface area contributed by atoms with Crippen molar-refractivity contribution < 1.29 is 9.59 Å². The van der Waals surface area contributed by atoms with E-state index in [2.05, 4.69) is 0 Å². The van der Waals surface area contributed by atoms with Gasteiger partial charge in [-0.15, -0.1) is 0 Å². The van der Waals surface area contributed by atoms with E-state index in [1.54, 1.807) is 0 Å². The zero-order chi connectivity index (χ0) is 9.84. The third-order valence-corrected chi connectivity index (χ3v) is 2.49. The van der Waals surface area contributed by atoms with Crippen molar-refractivity contribution in [1.29, 1.82) is 0 Å². The van der Waals surface area contributed by atoms with E-state index in [4.69, 9.17) is 0 Å². The van der Waals surface area contributed by atoms with E-state index in [9.17, 15) is 9.59 Å². The number of nitrogens with zero attached hydrogens (tertiary/aromatic N) is 2. The van der Waals surface area contributed by atoms with E-state index in [1.165, 1.54) is 0 Å². The molecule has 4 heteroatoms. The summed E-state index contributed by atoms with van der Waals surface area (Å²) in [6.45, 7) is 6.26. The van der Waals surface area contributed by atoms with E-state index in [1.807, 2.05) is 23.6 Å². The van der Waals surface area contributed by atoms with Gasteiger partial charge in [-0.25, -0.2) is 0 Å². The lowest BCUT2D eigenvalue weighted by atomic mass is 10.2. The van der Waals surface area contributed by atoms with Crippen molar-refractivity contribution in [3.05, 3.63) is 0 Å². The lowest BCUT2D eigenvalue weighted by Crippen LogP contribution is -2.55. The minimum atomic E-state index is 0.127. The van der Waals surface area contributed by atoms with Crippen molar-refractivity contribution in [3.8, 4) is 0 Å². The number of carbonyl (C=O) groups is 2. The third kappa shape index (κ3) is 2.28. The zero-order valence-electron chi connectivity index (χ0n) is 8.19. The molecule has 0 radical (unpaired) electrons. The molecule has 0 saturated carbocycles. The lowest BCUT2D eigenvalue weighted by Gasteiger charge is -2.37. The maximum absolute atomic E-state index is 11.4. The summed E-state index contributed by atoms with van der Waals surface area (Å²) in [7, 11) is 0. The number of amides is 1. The predicted molar refractivity (Wildman–Crippen MR) is 49.4 cm³/mol. The molecule has 0 N–H and O–H groups in total. The summed E-state index contributed by atoms with van der Waals surface area (Å²) in [5, 5.41) is 0. The minimum Gasteiger partial charge on any atom is -0.340 e. The average molecular weight is 184 g/mol. The summed E-state index contributed by atoms with van der Waals surface area (Å²) in [4.78, 5) is 25.5. The van der Waals surface area contributed by atoms with Gasteiger partial charge in [0.1, 0.15) is 6.29 Å². The molecular formula is C9H16N2O2. The van der Waals surface area contributed by atoms with Gasteiger partial charge in [-0.3, -0.25) is 9.69 Å². The fourth-order valence-electron chi connectivity index (χ4n) is 1.61. The molecule has 1 unspecified atom stereocenters. The second-order valence-electron chi connectivity index (χ2n) is 3.38. The Bertz CT molecular complexity index is 206. The van der Waals surface area contributed by atoms with Gasteiger partial charge < -0.3 is 9.69 Å². The summed E-state index contributed by atoms with van der Waals surface area (Å²) >= 11 is 0. The molecule has 0 spiro atoms. The van der Waals surface area contributed by atoms with Crippen molar-refractivity contribution in [1.82, 2.24) is 9.80 Å². The Morgan fingerprint density at radius 2 is 2.31 bits per heavy atom. The highest BCUT2D eigenvalue weighted by molar-refractivity contribution is 5.79. The first-order valence-corrected chi connectivity index (χ1v) is 4.64. The van der Waals surface area contributed by atoms with Gasteiger partial charge in [0.15, 0.2) is 0 Å². The molecule has 4 nitrogen and oxygen atoms in total. The van der Waals surface area contributed by atoms with Crippen LogP contribution in [0.15, 0.2) is 0 Å². The molecular weight excluding hydrogens is 168 g/mol. The van der Waals surface area contributed by atoms with Gasteiger partial charge >= 0.3 is 0 Å². The van der Waals surface area contributed by atoms with Crippen LogP contribution in [-0.2, 0) is 9.59 Å². The van der Waals surface area contributed by atoms with Gasteiger partial charge in [-0.1, -0.05) is 0 Å². The Labute approximate surface area is 78.5 Å². The fraction of sp³-hybridized carbons (Fsp3) is 0.778. The van der Waals surface area contributed by atoms with Gasteiger partial charge in [-0.05, 0) is 13.8 Å². The van der Waals surface area contributed by atoms with Crippen LogP contribution in [0.25, 0.3) is 0 Å². The SMILES string of the molecule is CCN1CC(C)N(CC=O)CC1=O. The van der Waals surface area contributed by atoms with Crippen molar-refractivity contribution in [2.24, 2.45) is 0 Å². The molecule has 1 aliphatic rings. The quantitative estimate of drug-likeness (QED) is 0.567. The summed E-state index contributed by atoms with van der Waals surface area (Å²) in [5.41, 5.74) is 0. The van der Waals surface area contributed by atoms with E-state index < -0.39 is 0 Å². The van der Waals surface area contributed by atoms with Gasteiger partial charge in [-0.2, -0.15) is 0 Å². The summed E-state index contributed by atoms with van der Waals surface area (Å²) in [6.07, 6.45) is 0.853. The van der Waals surface area contributed by atoms with Crippen LogP contribution in [-0.4, -0.2) is 54.2 Å². The topological polar surface area (TPSA) is 40.6 Å². The monoisotopic (exact) mass is 184 g/mol. The molecule has 1 amide bonds. The van der Waals surface area contributed by atoms with E-state index in [0.717, 1.165) is 19.4 Å². The van der Waals surface area contributed by atoms with Crippen LogP contribution in [0.4, 0.5) is 0 Å². The summed E-state index contributed by atoms with van der Waals surface area (Å²) in [5.74, 6) is 0.127. The molecule has 1 aliphatic heterocycles. The number of hydrogen-bond acceptors (Lipinski definition) is 3. The maximum atomic E-state index is 11.4. The van der Waals surface area contributed by atoms with Crippen LogP contribution >= 0.6 is 0 Å². The van der Waals surface area contributed by atoms with Crippen molar-refractivity contribution in [3.63, 3.8) is 0 Å². The highest BCUT2D eigenvalue weighted by atomic mass is 16.2. The smallest absolute Gasteiger partial charge is 0.236 e. The number of rotatable bonds is 3. The summed E-state index contributed by atoms with van der Waals surface area (Å²) in [6, 6.07) is 0.294. The number of carbonyl (C=O) groups excluding carboxylic acids is 2. The van der Waals surface area contributed by atoms with Crippen LogP contribution in [0.3, 0.4) is 0 Å². The maximum Gasteiger partial charge on any atom is 0.236 e. The number of hydrogen-bond donors (Lipinski definition) is 0. The molecule has 74 valence electrons. The zero-order valence-corrected chi connectivity index (χ0v) is 8.19. The van der Waals surface area contributed by atoms with Crippen LogP contribution in [0.2, 0.25) is 0 Å². The fourth-order valence-corrected chi connectivity index (χ4v) is 1.61. The predicted octanol–water partition coefficient (Wildman–Crippen LogP) is -0.262. The first kappa shape index (κ1) is 10.2. The molecule has 1 rings (SSSR count). The number of likely N-dealkylation sites (N-methyl/N-ethyl adjacent to an activating group) is 1. The molecule has 0 aliphatic carbocycles. The highest BCUT2D eigenvalue weighted by Crippen LogP contribution is 2.08. The first-order valence-electron chi connectivity index (χ1n) is 4.64. The molecule has 1 fully saturated rings. The van der Waals surface area contributed by atoms with Crippen molar-refractivity contribution >= 4 is 12.2 Å². The molecule has 0 bridgehead atoms. The average Bonchev–Trinajstić information content (AvgIpc) is 2.11. The number of aldehydes is 1. The second-order valence-corrected chi connectivity index (χ2v) is 3.38. The second kappa shape index (κ2) is 4.37. The highest BCUT2D eigenvalue weighted by Gasteiger charge is 2.27. The van der Waals surface area contributed by atoms with Crippen molar-refractivity contribution in [2.75, 3.05) is 26.2 Å². The standard InChI is InChI=1S/C9H16N2O2/c1-3-10-6-8(2)11(4-5-12)7-9(10)13/h5,8H,3-4,6-7H2,1-2H3. The molecule has 0 aromatic rings. The minimum absolute atomic E-state index is 0.127.